The molecular formula is C25H25F2N3O9Si. The van der Waals surface area contributed by atoms with Crippen LogP contribution in [0.3, 0.4) is 0 Å². The van der Waals surface area contributed by atoms with Crippen molar-refractivity contribution in [2.75, 3.05) is 13.7 Å². The Morgan fingerprint density at radius 1 is 1.05 bits per heavy atom. The number of rotatable bonds is 8. The number of ether oxygens (including phenoxy) is 3. The lowest BCUT2D eigenvalue weighted by Crippen LogP contribution is -2.54. The molecule has 2 aromatic rings. The second-order valence-corrected chi connectivity index (χ2v) is 15.3. The maximum absolute atomic E-state index is 14.3. The van der Waals surface area contributed by atoms with Crippen LogP contribution in [0, 0.1) is 21.7 Å². The SMILES string of the molecule is COC(=O)C1=C(C(=O)OCC[Si](C)(C)C)NC(=O)N(C(=O)Oc2ccc([N+](=O)[O-])cc2)C1c1ccc(F)c(F)c1. The third kappa shape index (κ3) is 6.85. The molecule has 0 fully saturated rings. The van der Waals surface area contributed by atoms with Crippen LogP contribution in [0.15, 0.2) is 53.7 Å². The van der Waals surface area contributed by atoms with Gasteiger partial charge in [-0.05, 0) is 35.9 Å². The summed E-state index contributed by atoms with van der Waals surface area (Å²) in [4.78, 5) is 62.9. The fourth-order valence-corrected chi connectivity index (χ4v) is 4.31. The number of nitrogens with zero attached hydrogens (tertiary/aromatic N) is 2. The van der Waals surface area contributed by atoms with Crippen molar-refractivity contribution in [3.63, 3.8) is 0 Å². The fraction of sp³-hybridized carbons (Fsp3) is 0.280. The Morgan fingerprint density at radius 2 is 1.70 bits per heavy atom. The number of hydrogen-bond acceptors (Lipinski definition) is 9. The van der Waals surface area contributed by atoms with Gasteiger partial charge in [-0.3, -0.25) is 10.1 Å². The summed E-state index contributed by atoms with van der Waals surface area (Å²) < 4.78 is 43.3. The van der Waals surface area contributed by atoms with Crippen LogP contribution in [0.2, 0.25) is 25.7 Å². The number of methoxy groups -OCH3 is 1. The van der Waals surface area contributed by atoms with Gasteiger partial charge in [0, 0.05) is 20.2 Å². The number of carbonyl (C=O) groups excluding carboxylic acids is 4. The highest BCUT2D eigenvalue weighted by Crippen LogP contribution is 2.36. The van der Waals surface area contributed by atoms with Gasteiger partial charge in [-0.1, -0.05) is 25.7 Å². The van der Waals surface area contributed by atoms with Gasteiger partial charge >= 0.3 is 24.1 Å². The largest absolute Gasteiger partial charge is 0.466 e. The summed E-state index contributed by atoms with van der Waals surface area (Å²) in [7, 11) is -0.666. The number of esters is 2. The molecule has 40 heavy (non-hydrogen) atoms. The molecule has 3 rings (SSSR count). The second-order valence-electron chi connectivity index (χ2n) is 9.72. The minimum absolute atomic E-state index is 0.0237. The number of nitro groups is 1. The van der Waals surface area contributed by atoms with E-state index in [1.54, 1.807) is 0 Å². The monoisotopic (exact) mass is 577 g/mol. The van der Waals surface area contributed by atoms with Gasteiger partial charge in [-0.25, -0.2) is 32.9 Å². The Bertz CT molecular complexity index is 1390. The van der Waals surface area contributed by atoms with Gasteiger partial charge in [0.05, 0.1) is 24.2 Å². The molecule has 1 heterocycles. The predicted molar refractivity (Wildman–Crippen MR) is 137 cm³/mol. The van der Waals surface area contributed by atoms with Crippen LogP contribution < -0.4 is 10.1 Å². The molecule has 0 spiro atoms. The molecule has 0 radical (unpaired) electrons. The van der Waals surface area contributed by atoms with E-state index in [1.165, 1.54) is 0 Å². The quantitative estimate of drug-likeness (QED) is 0.207. The summed E-state index contributed by atoms with van der Waals surface area (Å²) in [6.45, 7) is 6.09. The first-order valence-electron chi connectivity index (χ1n) is 11.7. The fourth-order valence-electron chi connectivity index (χ4n) is 3.60. The second kappa shape index (κ2) is 12.0. The molecule has 2 aromatic carbocycles. The van der Waals surface area contributed by atoms with Gasteiger partial charge in [0.1, 0.15) is 17.5 Å². The summed E-state index contributed by atoms with van der Waals surface area (Å²) >= 11 is 0. The number of non-ortho nitro benzene ring substituents is 1. The predicted octanol–water partition coefficient (Wildman–Crippen LogP) is 4.45. The smallest absolute Gasteiger partial charge is 0.424 e. The molecule has 3 amide bonds. The molecule has 1 aliphatic heterocycles. The van der Waals surface area contributed by atoms with Gasteiger partial charge in [-0.2, -0.15) is 0 Å². The van der Waals surface area contributed by atoms with Crippen LogP contribution >= 0.6 is 0 Å². The topological polar surface area (TPSA) is 154 Å². The average Bonchev–Trinajstić information content (AvgIpc) is 2.88. The lowest BCUT2D eigenvalue weighted by molar-refractivity contribution is -0.384. The zero-order chi connectivity index (χ0) is 29.8. The summed E-state index contributed by atoms with van der Waals surface area (Å²) in [6, 6.07) is 4.09. The number of halogens is 2. The van der Waals surface area contributed by atoms with E-state index in [9.17, 15) is 38.1 Å². The first-order chi connectivity index (χ1) is 18.7. The van der Waals surface area contributed by atoms with Crippen molar-refractivity contribution in [2.24, 2.45) is 0 Å². The summed E-state index contributed by atoms with van der Waals surface area (Å²) in [5.74, 6) is -5.12. The zero-order valence-corrected chi connectivity index (χ0v) is 22.9. The Hall–Kier alpha value is -4.66. The van der Waals surface area contributed by atoms with Gasteiger partial charge in [0.15, 0.2) is 11.6 Å². The lowest BCUT2D eigenvalue weighted by atomic mass is 9.93. The summed E-state index contributed by atoms with van der Waals surface area (Å²) in [5, 5.41) is 13.0. The molecule has 12 nitrogen and oxygen atoms in total. The Balaban J connectivity index is 2.10. The van der Waals surface area contributed by atoms with E-state index in [4.69, 9.17) is 14.2 Å². The standard InChI is InChI=1S/C25H25F2N3O9Si/c1-37-22(31)19-20(23(32)38-11-12-40(2,3)4)28-24(33)29(21(19)14-5-10-17(26)18(27)13-14)25(34)39-16-8-6-15(7-9-16)30(35)36/h5-10,13,21H,11-12H2,1-4H3,(H,28,33). The Morgan fingerprint density at radius 3 is 2.25 bits per heavy atom. The third-order valence-corrected chi connectivity index (χ3v) is 7.36. The van der Waals surface area contributed by atoms with Crippen molar-refractivity contribution in [1.29, 1.82) is 0 Å². The Labute approximate surface area is 227 Å². The van der Waals surface area contributed by atoms with E-state index < -0.39 is 66.0 Å². The minimum Gasteiger partial charge on any atom is -0.466 e. The molecule has 0 bridgehead atoms. The van der Waals surface area contributed by atoms with Crippen LogP contribution in [-0.2, 0) is 19.1 Å². The maximum Gasteiger partial charge on any atom is 0.424 e. The van der Waals surface area contributed by atoms with Gasteiger partial charge in [-0.15, -0.1) is 0 Å². The van der Waals surface area contributed by atoms with Gasteiger partial charge in [0.25, 0.3) is 5.69 Å². The number of amides is 3. The van der Waals surface area contributed by atoms with Crippen LogP contribution in [0.1, 0.15) is 11.6 Å². The number of nitro benzene ring substituents is 1. The van der Waals surface area contributed by atoms with E-state index in [2.05, 4.69) is 5.32 Å². The van der Waals surface area contributed by atoms with E-state index in [-0.39, 0.29) is 23.6 Å². The van der Waals surface area contributed by atoms with Crippen LogP contribution in [0.25, 0.3) is 0 Å². The number of nitrogens with one attached hydrogen (secondary N) is 1. The molecule has 0 aliphatic carbocycles. The van der Waals surface area contributed by atoms with Crippen molar-refractivity contribution < 1.29 is 47.1 Å². The molecular weight excluding hydrogens is 552 g/mol. The van der Waals surface area contributed by atoms with E-state index in [1.807, 2.05) is 19.6 Å². The number of hydrogen-bond donors (Lipinski definition) is 1. The highest BCUT2D eigenvalue weighted by Gasteiger charge is 2.46. The normalized spacial score (nSPS) is 15.3. The first-order valence-corrected chi connectivity index (χ1v) is 15.4. The van der Waals surface area contributed by atoms with E-state index >= 15 is 0 Å². The summed E-state index contributed by atoms with van der Waals surface area (Å²) in [5.41, 5.74) is -1.83. The molecule has 0 saturated heterocycles. The van der Waals surface area contributed by atoms with Crippen molar-refractivity contribution in [1.82, 2.24) is 10.2 Å². The van der Waals surface area contributed by atoms with Crippen molar-refractivity contribution in [3.05, 3.63) is 81.0 Å². The molecule has 0 aromatic heterocycles. The number of carbonyl (C=O) groups is 4. The molecule has 1 atom stereocenters. The van der Waals surface area contributed by atoms with Crippen LogP contribution in [-0.4, -0.2) is 55.7 Å². The molecule has 1 aliphatic rings. The van der Waals surface area contributed by atoms with Gasteiger partial charge in [0.2, 0.25) is 0 Å². The summed E-state index contributed by atoms with van der Waals surface area (Å²) in [6.07, 6.45) is -1.41. The molecule has 1 N–H and O–H groups in total. The zero-order valence-electron chi connectivity index (χ0n) is 21.9. The first kappa shape index (κ1) is 29.9. The van der Waals surface area contributed by atoms with Crippen molar-refractivity contribution in [3.8, 4) is 5.75 Å². The Kier molecular flexibility index (Phi) is 8.98. The average molecular weight is 578 g/mol. The van der Waals surface area contributed by atoms with E-state index in [0.29, 0.717) is 23.1 Å². The highest BCUT2D eigenvalue weighted by atomic mass is 28.3. The number of benzene rings is 2. The lowest BCUT2D eigenvalue weighted by Gasteiger charge is -2.35. The maximum atomic E-state index is 14.3. The van der Waals surface area contributed by atoms with Crippen LogP contribution in [0.4, 0.5) is 24.1 Å². The molecule has 0 saturated carbocycles. The van der Waals surface area contributed by atoms with E-state index in [0.717, 1.165) is 37.4 Å². The van der Waals surface area contributed by atoms with Crippen molar-refractivity contribution >= 4 is 37.8 Å². The van der Waals surface area contributed by atoms with Crippen molar-refractivity contribution in [2.45, 2.75) is 31.7 Å². The molecule has 1 unspecified atom stereocenters. The molecule has 15 heteroatoms. The van der Waals surface area contributed by atoms with Crippen LogP contribution in [0.5, 0.6) is 5.75 Å². The molecule has 212 valence electrons. The van der Waals surface area contributed by atoms with Gasteiger partial charge < -0.3 is 19.5 Å². The highest BCUT2D eigenvalue weighted by molar-refractivity contribution is 6.76. The third-order valence-electron chi connectivity index (χ3n) is 5.66. The number of imide groups is 1. The minimum atomic E-state index is -1.82. The number of urea groups is 1.